The molecule has 0 amide bonds. The van der Waals surface area contributed by atoms with Gasteiger partial charge < -0.3 is 10.1 Å². The van der Waals surface area contributed by atoms with E-state index < -0.39 is 0 Å². The molecule has 0 radical (unpaired) electrons. The highest BCUT2D eigenvalue weighted by Gasteiger charge is 2.19. The lowest BCUT2D eigenvalue weighted by Gasteiger charge is -2.14. The van der Waals surface area contributed by atoms with E-state index in [0.29, 0.717) is 6.61 Å². The first kappa shape index (κ1) is 17.0. The lowest BCUT2D eigenvalue weighted by molar-refractivity contribution is -0.603. The summed E-state index contributed by atoms with van der Waals surface area (Å²) in [4.78, 5) is 0. The van der Waals surface area contributed by atoms with Crippen molar-refractivity contribution in [1.29, 1.82) is 0 Å². The number of rotatable bonds is 7. The second-order valence-corrected chi connectivity index (χ2v) is 6.05. The van der Waals surface area contributed by atoms with Gasteiger partial charge in [0, 0.05) is 31.7 Å². The summed E-state index contributed by atoms with van der Waals surface area (Å²) in [5.41, 5.74) is 4.43. The molecule has 25 heavy (non-hydrogen) atoms. The van der Waals surface area contributed by atoms with Gasteiger partial charge in [-0.15, -0.1) is 0 Å². The van der Waals surface area contributed by atoms with Crippen LogP contribution >= 0.6 is 0 Å². The molecule has 2 aromatic carbocycles. The maximum atomic E-state index is 6.23. The Balaban J connectivity index is 1.93. The van der Waals surface area contributed by atoms with Gasteiger partial charge in [-0.3, -0.25) is 0 Å². The van der Waals surface area contributed by atoms with Gasteiger partial charge in [0.05, 0.1) is 5.69 Å². The summed E-state index contributed by atoms with van der Waals surface area (Å²) in [6.45, 7) is 5.75. The number of nitrogens with one attached hydrogen (secondary N) is 1. The van der Waals surface area contributed by atoms with E-state index in [1.54, 1.807) is 0 Å². The van der Waals surface area contributed by atoms with Gasteiger partial charge in [0.25, 0.3) is 0 Å². The summed E-state index contributed by atoms with van der Waals surface area (Å²) in [6, 6.07) is 22.7. The van der Waals surface area contributed by atoms with Crippen LogP contribution in [0.25, 0.3) is 5.69 Å². The van der Waals surface area contributed by atoms with Crippen molar-refractivity contribution in [2.45, 2.75) is 26.9 Å². The van der Waals surface area contributed by atoms with Gasteiger partial charge >= 0.3 is 0 Å². The third-order valence-electron chi connectivity index (χ3n) is 4.15. The van der Waals surface area contributed by atoms with Crippen LogP contribution in [-0.4, -0.2) is 6.54 Å². The number of benzene rings is 2. The fourth-order valence-electron chi connectivity index (χ4n) is 2.82. The van der Waals surface area contributed by atoms with Crippen molar-refractivity contribution < 1.29 is 9.30 Å². The summed E-state index contributed by atoms with van der Waals surface area (Å²) in [6.07, 6.45) is 3.17. The van der Waals surface area contributed by atoms with E-state index in [9.17, 15) is 0 Å². The second-order valence-electron chi connectivity index (χ2n) is 6.05. The minimum Gasteiger partial charge on any atom is -0.481 e. The Kier molecular flexibility index (Phi) is 5.68. The molecule has 0 aliphatic rings. The number of ether oxygens (including phenoxy) is 1. The van der Waals surface area contributed by atoms with Crippen molar-refractivity contribution in [3.63, 3.8) is 0 Å². The molecule has 3 aromatic rings. The van der Waals surface area contributed by atoms with Gasteiger partial charge in [-0.05, 0) is 12.0 Å². The quantitative estimate of drug-likeness (QED) is 0.636. The fourth-order valence-corrected chi connectivity index (χ4v) is 2.82. The van der Waals surface area contributed by atoms with Crippen LogP contribution in [0, 0.1) is 6.92 Å². The highest BCUT2D eigenvalue weighted by Crippen LogP contribution is 2.27. The smallest absolute Gasteiger partial charge is 0.228 e. The maximum absolute atomic E-state index is 6.23. The standard InChI is InChI=1S/C22H24N2O/c1-3-15-23-21-14-16-24(20-12-8-5-9-13-20)18(2)22(21)25-17-19-10-6-4-7-11-19/h4-14,16H,3,15,17H2,1-2H3/p+1. The number of nitrogens with zero attached hydrogens (tertiary/aromatic N) is 1. The van der Waals surface area contributed by atoms with Crippen molar-refractivity contribution in [2.24, 2.45) is 0 Å². The Morgan fingerprint density at radius 2 is 1.60 bits per heavy atom. The number of pyridine rings is 1. The first-order valence-electron chi connectivity index (χ1n) is 8.81. The largest absolute Gasteiger partial charge is 0.481 e. The van der Waals surface area contributed by atoms with E-state index in [-0.39, 0.29) is 0 Å². The number of hydrogen-bond acceptors (Lipinski definition) is 2. The third-order valence-corrected chi connectivity index (χ3v) is 4.15. The van der Waals surface area contributed by atoms with Crippen LogP contribution in [0.15, 0.2) is 72.9 Å². The van der Waals surface area contributed by atoms with Crippen molar-refractivity contribution in [2.75, 3.05) is 11.9 Å². The topological polar surface area (TPSA) is 25.1 Å². The van der Waals surface area contributed by atoms with Gasteiger partial charge in [-0.2, -0.15) is 4.57 Å². The predicted molar refractivity (Wildman–Crippen MR) is 102 cm³/mol. The van der Waals surface area contributed by atoms with E-state index in [2.05, 4.69) is 72.4 Å². The average Bonchev–Trinajstić information content (AvgIpc) is 2.67. The van der Waals surface area contributed by atoms with E-state index >= 15 is 0 Å². The Bertz CT molecular complexity index is 801. The van der Waals surface area contributed by atoms with Gasteiger partial charge in [0.15, 0.2) is 6.20 Å². The molecule has 0 atom stereocenters. The lowest BCUT2D eigenvalue weighted by atomic mass is 10.2. The number of aromatic nitrogens is 1. The number of hydrogen-bond donors (Lipinski definition) is 1. The summed E-state index contributed by atoms with van der Waals surface area (Å²) in [7, 11) is 0. The van der Waals surface area contributed by atoms with Crippen LogP contribution in [-0.2, 0) is 6.61 Å². The van der Waals surface area contributed by atoms with Gasteiger partial charge in [-0.1, -0.05) is 55.5 Å². The Morgan fingerprint density at radius 1 is 0.920 bits per heavy atom. The van der Waals surface area contributed by atoms with Gasteiger partial charge in [0.1, 0.15) is 6.61 Å². The van der Waals surface area contributed by atoms with Crippen LogP contribution in [0.1, 0.15) is 24.6 Å². The minimum atomic E-state index is 0.557. The number of para-hydroxylation sites is 1. The molecule has 0 fully saturated rings. The SMILES string of the molecule is CCCNc1cc[n+](-c2ccccc2)c(C)c1OCc1ccccc1. The lowest BCUT2D eigenvalue weighted by Crippen LogP contribution is -2.34. The molecule has 0 bridgehead atoms. The number of anilines is 1. The first-order valence-corrected chi connectivity index (χ1v) is 8.81. The van der Waals surface area contributed by atoms with E-state index in [1.165, 1.54) is 5.56 Å². The van der Waals surface area contributed by atoms with E-state index in [4.69, 9.17) is 4.74 Å². The molecule has 0 unspecified atom stereocenters. The molecular formula is C22H25N2O+. The zero-order valence-corrected chi connectivity index (χ0v) is 14.9. The molecule has 3 heteroatoms. The molecule has 0 aliphatic heterocycles. The second kappa shape index (κ2) is 8.34. The third kappa shape index (κ3) is 4.18. The van der Waals surface area contributed by atoms with Crippen LogP contribution in [0.3, 0.4) is 0 Å². The van der Waals surface area contributed by atoms with Crippen molar-refractivity contribution >= 4 is 5.69 Å². The Hall–Kier alpha value is -2.81. The molecule has 0 aliphatic carbocycles. The Labute approximate surface area is 149 Å². The monoisotopic (exact) mass is 333 g/mol. The molecule has 0 saturated carbocycles. The normalized spacial score (nSPS) is 10.5. The zero-order valence-electron chi connectivity index (χ0n) is 14.9. The van der Waals surface area contributed by atoms with Gasteiger partial charge in [0.2, 0.25) is 17.1 Å². The Morgan fingerprint density at radius 3 is 2.28 bits per heavy atom. The highest BCUT2D eigenvalue weighted by molar-refractivity contribution is 5.56. The molecule has 0 saturated heterocycles. The summed E-state index contributed by atoms with van der Waals surface area (Å²) >= 11 is 0. The molecule has 3 rings (SSSR count). The summed E-state index contributed by atoms with van der Waals surface area (Å²) < 4.78 is 8.39. The van der Waals surface area contributed by atoms with Crippen LogP contribution < -0.4 is 14.6 Å². The molecule has 1 heterocycles. The van der Waals surface area contributed by atoms with Crippen molar-refractivity contribution in [1.82, 2.24) is 0 Å². The molecule has 1 aromatic heterocycles. The fraction of sp³-hybridized carbons (Fsp3) is 0.227. The average molecular weight is 333 g/mol. The molecule has 0 spiro atoms. The molecule has 128 valence electrons. The minimum absolute atomic E-state index is 0.557. The molecule has 1 N–H and O–H groups in total. The van der Waals surface area contributed by atoms with Crippen LogP contribution in [0.5, 0.6) is 5.75 Å². The summed E-state index contributed by atoms with van der Waals surface area (Å²) in [5, 5.41) is 3.48. The van der Waals surface area contributed by atoms with Crippen molar-refractivity contribution in [3.8, 4) is 11.4 Å². The van der Waals surface area contributed by atoms with Gasteiger partial charge in [-0.25, -0.2) is 0 Å². The summed E-state index contributed by atoms with van der Waals surface area (Å²) in [5.74, 6) is 0.906. The van der Waals surface area contributed by atoms with Crippen LogP contribution in [0.4, 0.5) is 5.69 Å². The maximum Gasteiger partial charge on any atom is 0.228 e. The first-order chi connectivity index (χ1) is 12.3. The predicted octanol–water partition coefficient (Wildman–Crippen LogP) is 4.67. The van der Waals surface area contributed by atoms with E-state index in [0.717, 1.165) is 35.8 Å². The molecule has 3 nitrogen and oxygen atoms in total. The van der Waals surface area contributed by atoms with E-state index in [1.807, 2.05) is 24.3 Å². The highest BCUT2D eigenvalue weighted by atomic mass is 16.5. The zero-order chi connectivity index (χ0) is 17.5. The van der Waals surface area contributed by atoms with Crippen LogP contribution in [0.2, 0.25) is 0 Å². The van der Waals surface area contributed by atoms with Crippen molar-refractivity contribution in [3.05, 3.63) is 84.2 Å². The molecular weight excluding hydrogens is 308 g/mol.